The summed E-state index contributed by atoms with van der Waals surface area (Å²) < 4.78 is 38.0. The number of piperidine rings is 1. The summed E-state index contributed by atoms with van der Waals surface area (Å²) >= 11 is 1.37. The van der Waals surface area contributed by atoms with Crippen molar-refractivity contribution in [2.45, 2.75) is 29.6 Å². The second-order valence-corrected chi connectivity index (χ2v) is 12.4. The van der Waals surface area contributed by atoms with E-state index in [-0.39, 0.29) is 48.8 Å². The summed E-state index contributed by atoms with van der Waals surface area (Å²) in [7, 11) is -3.77. The number of nitrogens with zero attached hydrogens (tertiary/aromatic N) is 3. The Morgan fingerprint density at radius 2 is 1.69 bits per heavy atom. The lowest BCUT2D eigenvalue weighted by Crippen LogP contribution is -2.42. The molecule has 2 aliphatic heterocycles. The normalized spacial score (nSPS) is 16.6. The molecule has 2 fully saturated rings. The first-order valence-corrected chi connectivity index (χ1v) is 15.2. The number of anilines is 2. The van der Waals surface area contributed by atoms with Gasteiger partial charge in [0.2, 0.25) is 0 Å². The number of para-hydroxylation sites is 1. The van der Waals surface area contributed by atoms with Crippen LogP contribution in [-0.4, -0.2) is 74.9 Å². The van der Waals surface area contributed by atoms with E-state index in [2.05, 4.69) is 15.2 Å². The molecule has 3 aromatic rings. The van der Waals surface area contributed by atoms with E-state index in [1.165, 1.54) is 22.3 Å². The van der Waals surface area contributed by atoms with Crippen LogP contribution in [0.2, 0.25) is 0 Å². The third kappa shape index (κ3) is 6.40. The van der Waals surface area contributed by atoms with Crippen LogP contribution in [0.1, 0.15) is 28.9 Å². The second kappa shape index (κ2) is 12.1. The summed E-state index contributed by atoms with van der Waals surface area (Å²) in [5.74, 6) is -0.468. The van der Waals surface area contributed by atoms with Gasteiger partial charge in [0.05, 0.1) is 29.0 Å². The van der Waals surface area contributed by atoms with Gasteiger partial charge in [0.25, 0.3) is 5.91 Å². The smallest absolute Gasteiger partial charge is 0.410 e. The molecule has 2 aromatic carbocycles. The van der Waals surface area contributed by atoms with Gasteiger partial charge in [-0.3, -0.25) is 4.79 Å². The summed E-state index contributed by atoms with van der Waals surface area (Å²) in [6, 6.07) is 15.8. The molecule has 2 saturated heterocycles. The van der Waals surface area contributed by atoms with Gasteiger partial charge in [-0.2, -0.15) is 0 Å². The van der Waals surface area contributed by atoms with Crippen molar-refractivity contribution in [3.63, 3.8) is 0 Å². The Kier molecular flexibility index (Phi) is 8.44. The van der Waals surface area contributed by atoms with Crippen LogP contribution in [0, 0.1) is 0 Å². The average Bonchev–Trinajstić information content (AvgIpc) is 3.48. The predicted molar refractivity (Wildman–Crippen MR) is 148 cm³/mol. The van der Waals surface area contributed by atoms with E-state index in [4.69, 9.17) is 9.47 Å². The molecule has 1 aromatic heterocycles. The predicted octanol–water partition coefficient (Wildman–Crippen LogP) is 3.81. The van der Waals surface area contributed by atoms with Crippen LogP contribution < -0.4 is 10.2 Å². The lowest BCUT2D eigenvalue weighted by atomic mass is 10.1. The minimum Gasteiger partial charge on any atom is -0.445 e. The van der Waals surface area contributed by atoms with Crippen LogP contribution in [0.5, 0.6) is 0 Å². The number of nitrogens with one attached hydrogen (secondary N) is 1. The van der Waals surface area contributed by atoms with Crippen molar-refractivity contribution in [1.82, 2.24) is 9.88 Å². The Balaban J connectivity index is 1.21. The van der Waals surface area contributed by atoms with E-state index in [9.17, 15) is 18.0 Å². The van der Waals surface area contributed by atoms with Crippen molar-refractivity contribution in [2.75, 3.05) is 49.6 Å². The summed E-state index contributed by atoms with van der Waals surface area (Å²) in [6.07, 6.45) is 0.0992. The molecule has 1 N–H and O–H groups in total. The van der Waals surface area contributed by atoms with Crippen LogP contribution in [0.15, 0.2) is 64.9 Å². The summed E-state index contributed by atoms with van der Waals surface area (Å²) in [6.45, 7) is 3.35. The first kappa shape index (κ1) is 27.1. The van der Waals surface area contributed by atoms with E-state index in [0.29, 0.717) is 26.3 Å². The molecule has 12 heteroatoms. The molecule has 5 rings (SSSR count). The van der Waals surface area contributed by atoms with Crippen molar-refractivity contribution in [2.24, 2.45) is 0 Å². The van der Waals surface area contributed by atoms with Crippen LogP contribution >= 0.6 is 11.3 Å². The second-order valence-electron chi connectivity index (χ2n) is 9.34. The number of hydrogen-bond donors (Lipinski definition) is 1. The van der Waals surface area contributed by atoms with Gasteiger partial charge in [0.15, 0.2) is 15.0 Å². The quantitative estimate of drug-likeness (QED) is 0.456. The highest BCUT2D eigenvalue weighted by molar-refractivity contribution is 7.92. The topological polar surface area (TPSA) is 118 Å². The molecule has 0 unspecified atom stereocenters. The average molecular weight is 571 g/mol. The van der Waals surface area contributed by atoms with Crippen molar-refractivity contribution in [1.29, 1.82) is 0 Å². The van der Waals surface area contributed by atoms with Crippen molar-refractivity contribution < 1.29 is 27.5 Å². The maximum atomic E-state index is 13.6. The number of amides is 2. The minimum absolute atomic E-state index is 0.0621. The van der Waals surface area contributed by atoms with Gasteiger partial charge in [0, 0.05) is 31.6 Å². The number of sulfone groups is 1. The van der Waals surface area contributed by atoms with Crippen LogP contribution in [0.4, 0.5) is 15.6 Å². The minimum atomic E-state index is -3.77. The zero-order chi connectivity index (χ0) is 27.2. The Hall–Kier alpha value is -3.48. The molecule has 0 atom stereocenters. The van der Waals surface area contributed by atoms with E-state index >= 15 is 0 Å². The van der Waals surface area contributed by atoms with Crippen LogP contribution in [0.3, 0.4) is 0 Å². The Labute approximate surface area is 231 Å². The number of carbonyl (C=O) groups is 2. The maximum Gasteiger partial charge on any atom is 0.410 e. The highest BCUT2D eigenvalue weighted by atomic mass is 32.2. The van der Waals surface area contributed by atoms with E-state index in [1.807, 2.05) is 30.3 Å². The number of benzene rings is 2. The highest BCUT2D eigenvalue weighted by Crippen LogP contribution is 2.31. The summed E-state index contributed by atoms with van der Waals surface area (Å²) in [5, 5.41) is 4.47. The molecule has 206 valence electrons. The molecule has 39 heavy (non-hydrogen) atoms. The molecule has 0 aliphatic carbocycles. The SMILES string of the molecule is O=C(Nc1ccccc1S(=O)(=O)C1CCN(C(=O)OCc2ccccc2)CC1)c1csc(N2CCOCC2)n1. The first-order valence-electron chi connectivity index (χ1n) is 12.8. The van der Waals surface area contributed by atoms with Crippen LogP contribution in [-0.2, 0) is 25.9 Å². The number of ether oxygens (including phenoxy) is 2. The maximum absolute atomic E-state index is 13.6. The van der Waals surface area contributed by atoms with E-state index < -0.39 is 27.1 Å². The zero-order valence-electron chi connectivity index (χ0n) is 21.3. The fourth-order valence-electron chi connectivity index (χ4n) is 4.61. The molecule has 3 heterocycles. The molecule has 2 aliphatic rings. The molecular formula is C27H30N4O6S2. The van der Waals surface area contributed by atoms with Gasteiger partial charge >= 0.3 is 6.09 Å². The van der Waals surface area contributed by atoms with E-state index in [1.54, 1.807) is 23.6 Å². The Bertz CT molecular complexity index is 1400. The van der Waals surface area contributed by atoms with Crippen molar-refractivity contribution >= 4 is 44.0 Å². The molecule has 2 amide bonds. The number of morpholine rings is 1. The fraction of sp³-hybridized carbons (Fsp3) is 0.370. The number of likely N-dealkylation sites (tertiary alicyclic amines) is 1. The van der Waals surface area contributed by atoms with Gasteiger partial charge in [0.1, 0.15) is 12.3 Å². The molecule has 0 saturated carbocycles. The summed E-state index contributed by atoms with van der Waals surface area (Å²) in [5.41, 5.74) is 1.33. The monoisotopic (exact) mass is 570 g/mol. The van der Waals surface area contributed by atoms with Crippen molar-refractivity contribution in [3.8, 4) is 0 Å². The first-order chi connectivity index (χ1) is 18.9. The lowest BCUT2D eigenvalue weighted by Gasteiger charge is -2.31. The Morgan fingerprint density at radius 3 is 2.44 bits per heavy atom. The summed E-state index contributed by atoms with van der Waals surface area (Å²) in [4.78, 5) is 33.6. The molecular weight excluding hydrogens is 540 g/mol. The molecule has 10 nitrogen and oxygen atoms in total. The molecule has 0 bridgehead atoms. The lowest BCUT2D eigenvalue weighted by molar-refractivity contribution is 0.0897. The van der Waals surface area contributed by atoms with E-state index in [0.717, 1.165) is 10.7 Å². The largest absolute Gasteiger partial charge is 0.445 e. The van der Waals surface area contributed by atoms with Gasteiger partial charge < -0.3 is 24.6 Å². The number of rotatable bonds is 7. The third-order valence-corrected chi connectivity index (χ3v) is 10.0. The van der Waals surface area contributed by atoms with Gasteiger partial charge in [-0.15, -0.1) is 11.3 Å². The number of carbonyl (C=O) groups excluding carboxylic acids is 2. The third-order valence-electron chi connectivity index (χ3n) is 6.79. The number of hydrogen-bond acceptors (Lipinski definition) is 9. The number of thiazole rings is 1. The zero-order valence-corrected chi connectivity index (χ0v) is 23.0. The van der Waals surface area contributed by atoms with Gasteiger partial charge in [-0.25, -0.2) is 18.2 Å². The highest BCUT2D eigenvalue weighted by Gasteiger charge is 2.35. The van der Waals surface area contributed by atoms with Crippen LogP contribution in [0.25, 0.3) is 0 Å². The van der Waals surface area contributed by atoms with Gasteiger partial charge in [-0.05, 0) is 30.5 Å². The fourth-order valence-corrected chi connectivity index (χ4v) is 7.36. The molecule has 0 radical (unpaired) electrons. The van der Waals surface area contributed by atoms with Gasteiger partial charge in [-0.1, -0.05) is 42.5 Å². The number of aromatic nitrogens is 1. The molecule has 0 spiro atoms. The van der Waals surface area contributed by atoms with Crippen molar-refractivity contribution in [3.05, 3.63) is 71.2 Å². The standard InChI is InChI=1S/C27H30N4O6S2/c32-25(23-19-38-26(29-23)30-14-16-36-17-15-30)28-22-8-4-5-9-24(22)39(34,35)21-10-12-31(13-11-21)27(33)37-18-20-6-2-1-3-7-20/h1-9,19,21H,10-18H2,(H,28,32). The Morgan fingerprint density at radius 1 is 1.00 bits per heavy atom.